The number of benzene rings is 2. The minimum atomic E-state index is -0.188. The molecule has 2 saturated carbocycles. The van der Waals surface area contributed by atoms with Gasteiger partial charge in [-0.05, 0) is 94.9 Å². The zero-order valence-electron chi connectivity index (χ0n) is 22.6. The Morgan fingerprint density at radius 3 is 1.46 bits per heavy atom. The van der Waals surface area contributed by atoms with Crippen molar-refractivity contribution in [1.82, 2.24) is 9.97 Å². The third-order valence-electron chi connectivity index (χ3n) is 9.79. The molecule has 6 atom stereocenters. The molecule has 5 aliphatic rings. The largest absolute Gasteiger partial charge is 4.00 e. The maximum absolute atomic E-state index is 5.22. The number of aliphatic imine (C=N–C) groups is 2. The number of fused-ring (bicyclic) bond motifs is 20. The molecule has 41 heavy (non-hydrogen) atoms. The first-order valence-corrected chi connectivity index (χ1v) is 14.9. The molecule has 0 radical (unpaired) electrons. The molecule has 0 spiro atoms. The van der Waals surface area contributed by atoms with Crippen LogP contribution in [0, 0.1) is 23.7 Å². The topological polar surface area (TPSA) is 106 Å². The Morgan fingerprint density at radius 1 is 0.537 bits per heavy atom. The number of hydrogen-bond acceptors (Lipinski definition) is 4. The van der Waals surface area contributed by atoms with Crippen LogP contribution in [0.3, 0.4) is 0 Å². The fraction of sp³-hybridized carbons (Fsp3) is 0.438. The van der Waals surface area contributed by atoms with Gasteiger partial charge in [-0.1, -0.05) is 85.9 Å². The normalized spacial score (nSPS) is 34.2. The van der Waals surface area contributed by atoms with Crippen LogP contribution in [0.2, 0.25) is 0 Å². The van der Waals surface area contributed by atoms with Crippen molar-refractivity contribution < 1.29 is 21.1 Å². The van der Waals surface area contributed by atoms with Gasteiger partial charge in [-0.3, -0.25) is 0 Å². The Hall–Kier alpha value is -3.25. The van der Waals surface area contributed by atoms with Crippen molar-refractivity contribution in [3.63, 3.8) is 0 Å². The van der Waals surface area contributed by atoms with Crippen LogP contribution in [0.4, 0.5) is 11.6 Å². The van der Waals surface area contributed by atoms with Crippen molar-refractivity contribution in [3.8, 4) is 0 Å². The average molecular weight is 722 g/mol. The zero-order chi connectivity index (χ0) is 26.2. The predicted octanol–water partition coefficient (Wildman–Crippen LogP) is 5.96. The van der Waals surface area contributed by atoms with Gasteiger partial charge in [0.05, 0.1) is 0 Å². The summed E-state index contributed by atoms with van der Waals surface area (Å²) in [6.07, 6.45) is 8.82. The van der Waals surface area contributed by atoms with Crippen LogP contribution in [-0.4, -0.2) is 24.0 Å². The summed E-state index contributed by atoms with van der Waals surface area (Å²) >= 11 is 0. The van der Waals surface area contributed by atoms with E-state index in [4.69, 9.17) is 40.6 Å². The van der Waals surface area contributed by atoms with Crippen molar-refractivity contribution in [1.29, 1.82) is 0 Å². The molecule has 0 amide bonds. The van der Waals surface area contributed by atoms with E-state index in [-0.39, 0.29) is 33.4 Å². The second-order valence-corrected chi connectivity index (χ2v) is 12.0. The van der Waals surface area contributed by atoms with E-state index in [1.807, 2.05) is 0 Å². The maximum atomic E-state index is 5.22. The maximum Gasteiger partial charge on any atom is 4.00 e. The van der Waals surface area contributed by atoms with Gasteiger partial charge in [-0.2, -0.15) is 0 Å². The molecule has 4 aromatic rings. The standard InChI is InChI=1S/C32H30N8.Pt/c1-2-10-18-17(9-1)25-33-26(18)38-28-21-13-5-6-14-22(21)30(35-28)40-32-24-16-8-7-15-23(24)31(36-32)39-29-20-12-4-3-11-19(20)27(34-29)37-25;/h1-2,7-10,15-16,19-22,27-28H,3-6,11-14H2;/q-4;+4. The van der Waals surface area contributed by atoms with E-state index in [0.29, 0.717) is 35.3 Å². The quantitative estimate of drug-likeness (QED) is 0.224. The number of aromatic nitrogens is 2. The van der Waals surface area contributed by atoms with Crippen LogP contribution in [-0.2, 0) is 21.1 Å². The van der Waals surface area contributed by atoms with Gasteiger partial charge in [0.15, 0.2) is 0 Å². The van der Waals surface area contributed by atoms with Crippen molar-refractivity contribution in [2.75, 3.05) is 0 Å². The summed E-state index contributed by atoms with van der Waals surface area (Å²) in [5.74, 6) is 4.46. The molecule has 6 unspecified atom stereocenters. The molecule has 2 saturated heterocycles. The fourth-order valence-corrected chi connectivity index (χ4v) is 7.82. The Balaban J connectivity index is 0.00000256. The summed E-state index contributed by atoms with van der Waals surface area (Å²) in [5, 5.41) is 14.4. The van der Waals surface area contributed by atoms with Gasteiger partial charge in [0, 0.05) is 11.0 Å². The second-order valence-electron chi connectivity index (χ2n) is 12.0. The number of amidine groups is 2. The summed E-state index contributed by atoms with van der Waals surface area (Å²) in [5.41, 5.74) is 1.49. The summed E-state index contributed by atoms with van der Waals surface area (Å²) < 4.78 is 0. The van der Waals surface area contributed by atoms with Gasteiger partial charge in [-0.15, -0.1) is 0 Å². The number of nitrogens with zero attached hydrogens (tertiary/aromatic N) is 8. The Kier molecular flexibility index (Phi) is 6.17. The van der Waals surface area contributed by atoms with Crippen LogP contribution in [0.5, 0.6) is 0 Å². The van der Waals surface area contributed by atoms with Crippen molar-refractivity contribution in [2.45, 2.75) is 63.7 Å². The van der Waals surface area contributed by atoms with E-state index in [1.165, 1.54) is 25.7 Å². The third kappa shape index (κ3) is 4.04. The van der Waals surface area contributed by atoms with E-state index in [0.717, 1.165) is 69.9 Å². The molecule has 5 heterocycles. The van der Waals surface area contributed by atoms with Crippen LogP contribution < -0.4 is 20.9 Å². The van der Waals surface area contributed by atoms with Crippen LogP contribution in [0.15, 0.2) is 68.5 Å². The van der Waals surface area contributed by atoms with Crippen LogP contribution >= 0.6 is 0 Å². The molecule has 2 aliphatic carbocycles. The van der Waals surface area contributed by atoms with Crippen molar-refractivity contribution in [2.24, 2.45) is 43.6 Å². The molecule has 8 nitrogen and oxygen atoms in total. The SMILES string of the molecule is [Pt+4].c1ccc2c3[n-]c(c2c1)/N=C1\[N-]C(/N=c2\[n-]/c(c4ccccc24)=N\C2[N-]/C(=N\3)C3CCCCC23)C2CCCCC12. The van der Waals surface area contributed by atoms with Gasteiger partial charge < -0.3 is 40.6 Å². The monoisotopic (exact) mass is 721 g/mol. The smallest absolute Gasteiger partial charge is 0.459 e. The van der Waals surface area contributed by atoms with E-state index >= 15 is 0 Å². The van der Waals surface area contributed by atoms with Crippen LogP contribution in [0.25, 0.3) is 32.2 Å². The first-order chi connectivity index (χ1) is 19.8. The van der Waals surface area contributed by atoms with Crippen LogP contribution in [0.1, 0.15) is 51.4 Å². The molecular formula is C32H30N8Pt. The van der Waals surface area contributed by atoms with E-state index in [1.54, 1.807) is 0 Å². The Labute approximate surface area is 252 Å². The summed E-state index contributed by atoms with van der Waals surface area (Å²) in [4.78, 5) is 30.8. The molecule has 0 N–H and O–H groups in total. The molecule has 8 bridgehead atoms. The number of hydrogen-bond donors (Lipinski definition) is 0. The predicted molar refractivity (Wildman–Crippen MR) is 156 cm³/mol. The minimum absolute atomic E-state index is 0. The van der Waals surface area contributed by atoms with E-state index < -0.39 is 0 Å². The van der Waals surface area contributed by atoms with Gasteiger partial charge >= 0.3 is 21.1 Å². The third-order valence-corrected chi connectivity index (χ3v) is 9.79. The van der Waals surface area contributed by atoms with Gasteiger partial charge in [0.1, 0.15) is 0 Å². The molecule has 208 valence electrons. The van der Waals surface area contributed by atoms with E-state index in [2.05, 4.69) is 48.5 Å². The Morgan fingerprint density at radius 2 is 0.976 bits per heavy atom. The summed E-state index contributed by atoms with van der Waals surface area (Å²) in [7, 11) is 0. The van der Waals surface area contributed by atoms with Crippen molar-refractivity contribution in [3.05, 3.63) is 70.1 Å². The molecule has 4 fully saturated rings. The minimum Gasteiger partial charge on any atom is -0.459 e. The summed E-state index contributed by atoms with van der Waals surface area (Å²) in [6.45, 7) is 0. The zero-order valence-corrected chi connectivity index (χ0v) is 24.9. The first kappa shape index (κ1) is 25.5. The molecular weight excluding hydrogens is 691 g/mol. The molecule has 9 rings (SSSR count). The average Bonchev–Trinajstić information content (AvgIpc) is 3.73. The molecule has 3 aliphatic heterocycles. The second kappa shape index (κ2) is 9.94. The molecule has 2 aromatic carbocycles. The van der Waals surface area contributed by atoms with Gasteiger partial charge in [0.2, 0.25) is 0 Å². The van der Waals surface area contributed by atoms with Gasteiger partial charge in [-0.25, -0.2) is 0 Å². The number of rotatable bonds is 0. The van der Waals surface area contributed by atoms with Crippen molar-refractivity contribution >= 4 is 44.9 Å². The van der Waals surface area contributed by atoms with E-state index in [9.17, 15) is 0 Å². The Bertz CT molecular complexity index is 1710. The molecule has 9 heteroatoms. The molecule has 2 aromatic heterocycles. The fourth-order valence-electron chi connectivity index (χ4n) is 7.82. The van der Waals surface area contributed by atoms with Gasteiger partial charge in [0.25, 0.3) is 0 Å². The first-order valence-electron chi connectivity index (χ1n) is 14.9. The summed E-state index contributed by atoms with van der Waals surface area (Å²) in [6, 6.07) is 16.6.